The molecule has 0 saturated heterocycles. The van der Waals surface area contributed by atoms with Crippen molar-refractivity contribution in [3.05, 3.63) is 34.1 Å². The average molecular weight is 300 g/mol. The molecule has 5 heteroatoms. The lowest BCUT2D eigenvalue weighted by atomic mass is 9.92. The third-order valence-corrected chi connectivity index (χ3v) is 3.62. The molecule has 0 saturated carbocycles. The summed E-state index contributed by atoms with van der Waals surface area (Å²) in [4.78, 5) is 21.4. The Morgan fingerprint density at radius 3 is 2.55 bits per heavy atom. The topological polar surface area (TPSA) is 46.2 Å². The monoisotopic (exact) mass is 299 g/mol. The number of hydrogen-bond acceptors (Lipinski definition) is 2. The van der Waals surface area contributed by atoms with Gasteiger partial charge in [-0.25, -0.2) is 4.39 Å². The molecule has 0 aliphatic carbocycles. The molecule has 3 nitrogen and oxygen atoms in total. The number of benzene rings is 1. The summed E-state index contributed by atoms with van der Waals surface area (Å²) >= 11 is 6.19. The predicted octanol–water partition coefficient (Wildman–Crippen LogP) is 3.76. The number of rotatable bonds is 6. The van der Waals surface area contributed by atoms with Crippen LogP contribution in [0.1, 0.15) is 56.6 Å². The maximum Gasteiger partial charge on any atom is 0.226 e. The second-order valence-electron chi connectivity index (χ2n) is 5.18. The summed E-state index contributed by atoms with van der Waals surface area (Å²) in [6.07, 6.45) is 1.06. The molecule has 1 N–H and O–H groups in total. The normalized spacial score (nSPS) is 12.3. The molecule has 0 aliphatic heterocycles. The van der Waals surface area contributed by atoms with Gasteiger partial charge >= 0.3 is 0 Å². The summed E-state index contributed by atoms with van der Waals surface area (Å²) in [6.45, 7) is 5.69. The van der Waals surface area contributed by atoms with Gasteiger partial charge in [-0.05, 0) is 41.5 Å². The van der Waals surface area contributed by atoms with Gasteiger partial charge in [0.15, 0.2) is 0 Å². The van der Waals surface area contributed by atoms with Crippen molar-refractivity contribution >= 4 is 23.9 Å². The number of carbonyl (C=O) groups is 2. The van der Waals surface area contributed by atoms with Crippen LogP contribution in [-0.2, 0) is 9.59 Å². The lowest BCUT2D eigenvalue weighted by molar-refractivity contribution is -0.125. The molecule has 0 aromatic heterocycles. The van der Waals surface area contributed by atoms with Gasteiger partial charge in [-0.2, -0.15) is 0 Å². The van der Waals surface area contributed by atoms with Crippen LogP contribution in [0.15, 0.2) is 12.1 Å². The Balaban J connectivity index is 2.83. The minimum absolute atomic E-state index is 0.0596. The smallest absolute Gasteiger partial charge is 0.226 e. The highest BCUT2D eigenvalue weighted by Crippen LogP contribution is 2.32. The molecule has 20 heavy (non-hydrogen) atoms. The van der Waals surface area contributed by atoms with Gasteiger partial charge in [0, 0.05) is 11.4 Å². The molecular formula is C15H19ClFNO2. The van der Waals surface area contributed by atoms with E-state index in [0.29, 0.717) is 29.0 Å². The van der Waals surface area contributed by atoms with Crippen molar-refractivity contribution in [1.29, 1.82) is 0 Å². The summed E-state index contributed by atoms with van der Waals surface area (Å²) in [6, 6.07) is 3.10. The van der Waals surface area contributed by atoms with E-state index >= 15 is 0 Å². The van der Waals surface area contributed by atoms with Gasteiger partial charge in [-0.3, -0.25) is 14.9 Å². The summed E-state index contributed by atoms with van der Waals surface area (Å²) in [5, 5.41) is 2.59. The third kappa shape index (κ3) is 4.30. The van der Waals surface area contributed by atoms with Crippen molar-refractivity contribution in [1.82, 2.24) is 5.32 Å². The second kappa shape index (κ2) is 7.39. The van der Waals surface area contributed by atoms with Crippen LogP contribution in [0.2, 0.25) is 5.02 Å². The maximum atomic E-state index is 14.0. The van der Waals surface area contributed by atoms with E-state index in [4.69, 9.17) is 11.6 Å². The molecule has 1 rings (SSSR count). The summed E-state index contributed by atoms with van der Waals surface area (Å²) < 4.78 is 14.0. The van der Waals surface area contributed by atoms with E-state index in [2.05, 4.69) is 5.32 Å². The lowest BCUT2D eigenvalue weighted by Crippen LogP contribution is -2.21. The average Bonchev–Trinajstić information content (AvgIpc) is 2.38. The van der Waals surface area contributed by atoms with Crippen LogP contribution in [0.3, 0.4) is 0 Å². The fourth-order valence-corrected chi connectivity index (χ4v) is 2.40. The van der Waals surface area contributed by atoms with Gasteiger partial charge < -0.3 is 0 Å². The Bertz CT molecular complexity index is 503. The van der Waals surface area contributed by atoms with Gasteiger partial charge in [0.05, 0.1) is 0 Å². The first-order valence-electron chi connectivity index (χ1n) is 6.58. The zero-order chi connectivity index (χ0) is 15.3. The highest BCUT2D eigenvalue weighted by Gasteiger charge is 2.16. The standard InChI is InChI=1S/C15H19ClFNO2/c1-9(2)11-6-13(16)12(7-14(11)17)10(3)4-5-15(20)18-8-19/h6-10H,4-5H2,1-3H3,(H,18,19,20). The molecule has 0 spiro atoms. The van der Waals surface area contributed by atoms with Crippen LogP contribution in [0.25, 0.3) is 0 Å². The lowest BCUT2D eigenvalue weighted by Gasteiger charge is -2.16. The van der Waals surface area contributed by atoms with E-state index < -0.39 is 0 Å². The Morgan fingerprint density at radius 1 is 1.35 bits per heavy atom. The van der Waals surface area contributed by atoms with Crippen LogP contribution < -0.4 is 5.32 Å². The molecule has 0 radical (unpaired) electrons. The molecule has 0 aliphatic rings. The van der Waals surface area contributed by atoms with Gasteiger partial charge in [-0.1, -0.05) is 32.4 Å². The Labute approximate surface area is 123 Å². The zero-order valence-electron chi connectivity index (χ0n) is 11.9. The fourth-order valence-electron chi connectivity index (χ4n) is 2.04. The number of hydrogen-bond donors (Lipinski definition) is 1. The second-order valence-corrected chi connectivity index (χ2v) is 5.58. The van der Waals surface area contributed by atoms with E-state index in [1.807, 2.05) is 20.8 Å². The maximum absolute atomic E-state index is 14.0. The number of nitrogens with one attached hydrogen (secondary N) is 1. The van der Waals surface area contributed by atoms with Crippen molar-refractivity contribution in [2.24, 2.45) is 0 Å². The minimum atomic E-state index is -0.345. The first kappa shape index (κ1) is 16.6. The van der Waals surface area contributed by atoms with Crippen molar-refractivity contribution < 1.29 is 14.0 Å². The molecule has 1 aromatic rings. The molecule has 1 atom stereocenters. The van der Waals surface area contributed by atoms with Crippen LogP contribution in [-0.4, -0.2) is 12.3 Å². The summed E-state index contributed by atoms with van der Waals surface area (Å²) in [5.41, 5.74) is 1.28. The van der Waals surface area contributed by atoms with E-state index in [-0.39, 0.29) is 30.0 Å². The van der Waals surface area contributed by atoms with Gasteiger partial charge in [0.25, 0.3) is 0 Å². The Hall–Kier alpha value is -1.42. The highest BCUT2D eigenvalue weighted by atomic mass is 35.5. The van der Waals surface area contributed by atoms with Crippen LogP contribution in [0, 0.1) is 5.82 Å². The summed E-state index contributed by atoms with van der Waals surface area (Å²) in [5.74, 6) is -0.614. The quantitative estimate of drug-likeness (QED) is 0.813. The molecular weight excluding hydrogens is 281 g/mol. The molecule has 2 amide bonds. The van der Waals surface area contributed by atoms with Gasteiger partial charge in [0.2, 0.25) is 12.3 Å². The third-order valence-electron chi connectivity index (χ3n) is 3.29. The number of carbonyl (C=O) groups excluding carboxylic acids is 2. The Kier molecular flexibility index (Phi) is 6.14. The van der Waals surface area contributed by atoms with E-state index in [1.165, 1.54) is 6.07 Å². The highest BCUT2D eigenvalue weighted by molar-refractivity contribution is 6.31. The molecule has 0 bridgehead atoms. The molecule has 110 valence electrons. The summed E-state index contributed by atoms with van der Waals surface area (Å²) in [7, 11) is 0. The first-order chi connectivity index (χ1) is 9.36. The van der Waals surface area contributed by atoms with E-state index in [9.17, 15) is 14.0 Å². The number of imide groups is 1. The van der Waals surface area contributed by atoms with Gasteiger partial charge in [-0.15, -0.1) is 0 Å². The Morgan fingerprint density at radius 2 is 2.00 bits per heavy atom. The molecule has 0 fully saturated rings. The predicted molar refractivity (Wildman–Crippen MR) is 77.4 cm³/mol. The van der Waals surface area contributed by atoms with Crippen molar-refractivity contribution in [2.45, 2.75) is 45.4 Å². The van der Waals surface area contributed by atoms with Crippen LogP contribution in [0.5, 0.6) is 0 Å². The number of halogens is 2. The molecule has 1 aromatic carbocycles. The van der Waals surface area contributed by atoms with Crippen LogP contribution in [0.4, 0.5) is 4.39 Å². The van der Waals surface area contributed by atoms with Crippen LogP contribution >= 0.6 is 11.6 Å². The number of amides is 2. The fraction of sp³-hybridized carbons (Fsp3) is 0.467. The zero-order valence-corrected chi connectivity index (χ0v) is 12.6. The molecule has 0 heterocycles. The van der Waals surface area contributed by atoms with Crippen molar-refractivity contribution in [2.75, 3.05) is 0 Å². The van der Waals surface area contributed by atoms with Crippen molar-refractivity contribution in [3.8, 4) is 0 Å². The van der Waals surface area contributed by atoms with E-state index in [0.717, 1.165) is 0 Å². The van der Waals surface area contributed by atoms with E-state index in [1.54, 1.807) is 6.07 Å². The largest absolute Gasteiger partial charge is 0.299 e. The SMILES string of the molecule is CC(C)c1cc(Cl)c(C(C)CCC(=O)NC=O)cc1F. The first-order valence-corrected chi connectivity index (χ1v) is 6.96. The van der Waals surface area contributed by atoms with Gasteiger partial charge in [0.1, 0.15) is 5.82 Å². The van der Waals surface area contributed by atoms with Crippen molar-refractivity contribution in [3.63, 3.8) is 0 Å². The minimum Gasteiger partial charge on any atom is -0.299 e. The molecule has 1 unspecified atom stereocenters.